The van der Waals surface area contributed by atoms with Crippen LogP contribution in [0.25, 0.3) is 0 Å². The number of amides is 1. The van der Waals surface area contributed by atoms with Gasteiger partial charge in [0.15, 0.2) is 0 Å². The Labute approximate surface area is 111 Å². The van der Waals surface area contributed by atoms with E-state index in [0.717, 1.165) is 12.1 Å². The lowest BCUT2D eigenvalue weighted by Crippen LogP contribution is -2.38. The molecule has 0 aliphatic rings. The quantitative estimate of drug-likeness (QED) is 0.811. The second-order valence-corrected chi connectivity index (χ2v) is 4.84. The fourth-order valence-corrected chi connectivity index (χ4v) is 1.87. The Hall–Kier alpha value is -1.29. The summed E-state index contributed by atoms with van der Waals surface area (Å²) in [5, 5.41) is 12.3. The van der Waals surface area contributed by atoms with Gasteiger partial charge in [-0.15, -0.1) is 11.6 Å². The van der Waals surface area contributed by atoms with Crippen LogP contribution in [0.15, 0.2) is 18.2 Å². The molecule has 0 aliphatic carbocycles. The van der Waals surface area contributed by atoms with Crippen molar-refractivity contribution in [3.63, 3.8) is 0 Å². The third-order valence-electron chi connectivity index (χ3n) is 2.75. The topological polar surface area (TPSA) is 49.3 Å². The highest BCUT2D eigenvalue weighted by atomic mass is 35.5. The van der Waals surface area contributed by atoms with E-state index in [1.54, 1.807) is 0 Å². The first kappa shape index (κ1) is 14.8. The van der Waals surface area contributed by atoms with E-state index in [1.807, 2.05) is 13.8 Å². The molecule has 0 fully saturated rings. The molecule has 0 spiro atoms. The van der Waals surface area contributed by atoms with Crippen LogP contribution in [-0.4, -0.2) is 22.9 Å². The maximum atomic E-state index is 12.8. The lowest BCUT2D eigenvalue weighted by Gasteiger charge is -2.21. The molecular weight excluding hydrogens is 257 g/mol. The van der Waals surface area contributed by atoms with Crippen LogP contribution in [0, 0.1) is 11.7 Å². The largest absolute Gasteiger partial charge is 0.507 e. The first-order chi connectivity index (χ1) is 8.45. The molecule has 0 aliphatic heterocycles. The summed E-state index contributed by atoms with van der Waals surface area (Å²) in [5.41, 5.74) is 0.0663. The van der Waals surface area contributed by atoms with E-state index in [2.05, 4.69) is 5.32 Å². The van der Waals surface area contributed by atoms with Gasteiger partial charge >= 0.3 is 0 Å². The zero-order valence-electron chi connectivity index (χ0n) is 10.4. The summed E-state index contributed by atoms with van der Waals surface area (Å²) >= 11 is 5.67. The predicted molar refractivity (Wildman–Crippen MR) is 69.5 cm³/mol. The summed E-state index contributed by atoms with van der Waals surface area (Å²) < 4.78 is 12.8. The van der Waals surface area contributed by atoms with Crippen molar-refractivity contribution in [2.75, 3.05) is 5.88 Å². The summed E-state index contributed by atoms with van der Waals surface area (Å²) in [6.07, 6.45) is 0.646. The first-order valence-electron chi connectivity index (χ1n) is 5.81. The van der Waals surface area contributed by atoms with Crippen molar-refractivity contribution in [3.8, 4) is 5.75 Å². The molecule has 1 aromatic carbocycles. The number of benzene rings is 1. The molecule has 5 heteroatoms. The molecule has 1 unspecified atom stereocenters. The maximum Gasteiger partial charge on any atom is 0.255 e. The minimum Gasteiger partial charge on any atom is -0.507 e. The Morgan fingerprint density at radius 1 is 1.50 bits per heavy atom. The SMILES string of the molecule is CC(C)C(CCCl)NC(=O)c1ccc(F)cc1O. The van der Waals surface area contributed by atoms with Crippen molar-refractivity contribution in [1.29, 1.82) is 0 Å². The third kappa shape index (κ3) is 3.88. The fraction of sp³-hybridized carbons (Fsp3) is 0.462. The molecule has 3 nitrogen and oxygen atoms in total. The van der Waals surface area contributed by atoms with Gasteiger partial charge in [-0.2, -0.15) is 0 Å². The number of carbonyl (C=O) groups excluding carboxylic acids is 1. The lowest BCUT2D eigenvalue weighted by molar-refractivity contribution is 0.0922. The fourth-order valence-electron chi connectivity index (χ4n) is 1.63. The van der Waals surface area contributed by atoms with Gasteiger partial charge < -0.3 is 10.4 Å². The van der Waals surface area contributed by atoms with E-state index >= 15 is 0 Å². The Balaban J connectivity index is 2.80. The number of phenolic OH excluding ortho intramolecular Hbond substituents is 1. The molecule has 100 valence electrons. The van der Waals surface area contributed by atoms with Crippen LogP contribution < -0.4 is 5.32 Å². The van der Waals surface area contributed by atoms with Gasteiger partial charge in [0.05, 0.1) is 5.56 Å². The van der Waals surface area contributed by atoms with E-state index < -0.39 is 11.7 Å². The number of aromatic hydroxyl groups is 1. The minimum absolute atomic E-state index is 0.0663. The van der Waals surface area contributed by atoms with Gasteiger partial charge in [-0.3, -0.25) is 4.79 Å². The first-order valence-corrected chi connectivity index (χ1v) is 6.34. The molecule has 2 N–H and O–H groups in total. The second kappa shape index (κ2) is 6.59. The highest BCUT2D eigenvalue weighted by Gasteiger charge is 2.18. The van der Waals surface area contributed by atoms with E-state index in [-0.39, 0.29) is 23.3 Å². The van der Waals surface area contributed by atoms with Crippen LogP contribution >= 0.6 is 11.6 Å². The normalized spacial score (nSPS) is 12.5. The van der Waals surface area contributed by atoms with Crippen LogP contribution in [0.5, 0.6) is 5.75 Å². The van der Waals surface area contributed by atoms with Crippen LogP contribution in [-0.2, 0) is 0 Å². The van der Waals surface area contributed by atoms with Gasteiger partial charge in [-0.25, -0.2) is 4.39 Å². The van der Waals surface area contributed by atoms with Crippen LogP contribution in [0.2, 0.25) is 0 Å². The molecule has 1 amide bonds. The minimum atomic E-state index is -0.579. The highest BCUT2D eigenvalue weighted by Crippen LogP contribution is 2.18. The third-order valence-corrected chi connectivity index (χ3v) is 2.96. The molecule has 1 rings (SSSR count). The van der Waals surface area contributed by atoms with Gasteiger partial charge in [0, 0.05) is 18.0 Å². The molecular formula is C13H17ClFNO2. The van der Waals surface area contributed by atoms with Crippen molar-refractivity contribution >= 4 is 17.5 Å². The molecule has 0 heterocycles. The number of carbonyl (C=O) groups is 1. The van der Waals surface area contributed by atoms with Crippen LogP contribution in [0.3, 0.4) is 0 Å². The number of halogens is 2. The molecule has 0 aromatic heterocycles. The molecule has 0 bridgehead atoms. The van der Waals surface area contributed by atoms with E-state index in [9.17, 15) is 14.3 Å². The van der Waals surface area contributed by atoms with Crippen molar-refractivity contribution in [1.82, 2.24) is 5.32 Å². The average molecular weight is 274 g/mol. The maximum absolute atomic E-state index is 12.8. The van der Waals surface area contributed by atoms with Crippen LogP contribution in [0.4, 0.5) is 4.39 Å². The monoisotopic (exact) mass is 273 g/mol. The molecule has 0 saturated heterocycles. The van der Waals surface area contributed by atoms with E-state index in [1.165, 1.54) is 6.07 Å². The summed E-state index contributed by atoms with van der Waals surface area (Å²) in [6.45, 7) is 3.95. The van der Waals surface area contributed by atoms with Crippen molar-refractivity contribution < 1.29 is 14.3 Å². The number of rotatable bonds is 5. The molecule has 1 atom stereocenters. The van der Waals surface area contributed by atoms with Gasteiger partial charge in [0.2, 0.25) is 0 Å². The van der Waals surface area contributed by atoms with Gasteiger partial charge in [0.1, 0.15) is 11.6 Å². The summed E-state index contributed by atoms with van der Waals surface area (Å²) in [6, 6.07) is 3.25. The van der Waals surface area contributed by atoms with Gasteiger partial charge in [-0.05, 0) is 24.5 Å². The van der Waals surface area contributed by atoms with Crippen LogP contribution in [0.1, 0.15) is 30.6 Å². The molecule has 18 heavy (non-hydrogen) atoms. The van der Waals surface area contributed by atoms with Crippen molar-refractivity contribution in [3.05, 3.63) is 29.6 Å². The average Bonchev–Trinajstić information content (AvgIpc) is 2.27. The van der Waals surface area contributed by atoms with E-state index in [0.29, 0.717) is 12.3 Å². The Morgan fingerprint density at radius 2 is 2.17 bits per heavy atom. The molecule has 1 aromatic rings. The Kier molecular flexibility index (Phi) is 5.41. The zero-order valence-corrected chi connectivity index (χ0v) is 11.2. The molecule has 0 radical (unpaired) electrons. The van der Waals surface area contributed by atoms with Crippen molar-refractivity contribution in [2.24, 2.45) is 5.92 Å². The molecule has 0 saturated carbocycles. The number of nitrogens with one attached hydrogen (secondary N) is 1. The Morgan fingerprint density at radius 3 is 2.67 bits per heavy atom. The summed E-state index contributed by atoms with van der Waals surface area (Å²) in [4.78, 5) is 11.9. The number of alkyl halides is 1. The number of hydrogen-bond donors (Lipinski definition) is 2. The smallest absolute Gasteiger partial charge is 0.255 e. The Bertz CT molecular complexity index is 423. The second-order valence-electron chi connectivity index (χ2n) is 4.46. The number of hydrogen-bond acceptors (Lipinski definition) is 2. The van der Waals surface area contributed by atoms with Gasteiger partial charge in [-0.1, -0.05) is 13.8 Å². The summed E-state index contributed by atoms with van der Waals surface area (Å²) in [7, 11) is 0. The zero-order chi connectivity index (χ0) is 13.7. The predicted octanol–water partition coefficient (Wildman–Crippen LogP) is 2.91. The lowest BCUT2D eigenvalue weighted by atomic mass is 10.0. The number of phenols is 1. The van der Waals surface area contributed by atoms with Gasteiger partial charge in [0.25, 0.3) is 5.91 Å². The highest BCUT2D eigenvalue weighted by molar-refractivity contribution is 6.17. The standard InChI is InChI=1S/C13H17ClFNO2/c1-8(2)11(5-6-14)16-13(18)10-4-3-9(15)7-12(10)17/h3-4,7-8,11,17H,5-6H2,1-2H3,(H,16,18). The van der Waals surface area contributed by atoms with E-state index in [4.69, 9.17) is 11.6 Å². The van der Waals surface area contributed by atoms with Crippen molar-refractivity contribution in [2.45, 2.75) is 26.3 Å². The summed E-state index contributed by atoms with van der Waals surface area (Å²) in [5.74, 6) is -0.684.